The Morgan fingerprint density at radius 1 is 1.38 bits per heavy atom. The molecular weight excluding hydrogens is 379 g/mol. The minimum atomic E-state index is -0.504. The number of hydrogen-bond acceptors (Lipinski definition) is 4. The zero-order chi connectivity index (χ0) is 19.1. The Kier molecular flexibility index (Phi) is 7.48. The topological polar surface area (TPSA) is 84.5 Å². The zero-order valence-electron chi connectivity index (χ0n) is 14.3. The molecule has 0 radical (unpaired) electrons. The Labute approximate surface area is 161 Å². The smallest absolute Gasteiger partial charge is 0.330 e. The van der Waals surface area contributed by atoms with Crippen molar-refractivity contribution in [3.63, 3.8) is 0 Å². The van der Waals surface area contributed by atoms with Gasteiger partial charge in [0.05, 0.1) is 16.7 Å². The molecule has 26 heavy (non-hydrogen) atoms. The Hall–Kier alpha value is -2.05. The van der Waals surface area contributed by atoms with Crippen LogP contribution < -0.4 is 10.6 Å². The molecule has 0 aliphatic carbocycles. The molecule has 1 saturated heterocycles. The zero-order valence-corrected chi connectivity index (χ0v) is 15.8. The number of hydrogen-bond donors (Lipinski definition) is 2. The van der Waals surface area contributed by atoms with Crippen molar-refractivity contribution in [2.24, 2.45) is 5.92 Å². The summed E-state index contributed by atoms with van der Waals surface area (Å²) in [5.41, 5.74) is 0.338. The number of carbonyl (C=O) groups excluding carboxylic acids is 3. The van der Waals surface area contributed by atoms with E-state index in [1.807, 2.05) is 0 Å². The summed E-state index contributed by atoms with van der Waals surface area (Å²) in [4.78, 5) is 35.9. The number of esters is 1. The molecule has 2 atom stereocenters. The van der Waals surface area contributed by atoms with Gasteiger partial charge in [-0.1, -0.05) is 29.3 Å². The van der Waals surface area contributed by atoms with Crippen LogP contribution in [0.2, 0.25) is 10.0 Å². The first-order chi connectivity index (χ1) is 12.4. The van der Waals surface area contributed by atoms with Gasteiger partial charge in [0, 0.05) is 30.1 Å². The van der Waals surface area contributed by atoms with Crippen LogP contribution in [0.5, 0.6) is 0 Å². The molecule has 2 N–H and O–H groups in total. The number of amides is 2. The van der Waals surface area contributed by atoms with Crippen LogP contribution in [-0.4, -0.2) is 37.0 Å². The Morgan fingerprint density at radius 2 is 2.15 bits per heavy atom. The van der Waals surface area contributed by atoms with Crippen LogP contribution in [0.25, 0.3) is 0 Å². The highest BCUT2D eigenvalue weighted by atomic mass is 35.5. The van der Waals surface area contributed by atoms with Crippen LogP contribution in [0, 0.1) is 5.92 Å². The summed E-state index contributed by atoms with van der Waals surface area (Å²) in [7, 11) is 0. The summed E-state index contributed by atoms with van der Waals surface area (Å²) >= 11 is 11.8. The molecule has 8 heteroatoms. The predicted octanol–water partition coefficient (Wildman–Crippen LogP) is 2.74. The number of carbonyl (C=O) groups is 3. The van der Waals surface area contributed by atoms with E-state index in [4.69, 9.17) is 27.9 Å². The molecule has 1 aromatic rings. The highest BCUT2D eigenvalue weighted by Crippen LogP contribution is 2.23. The second-order valence-corrected chi connectivity index (χ2v) is 6.65. The van der Waals surface area contributed by atoms with Gasteiger partial charge in [0.15, 0.2) is 0 Å². The number of nitrogens with one attached hydrogen (secondary N) is 2. The lowest BCUT2D eigenvalue weighted by molar-refractivity contribution is -0.137. The quantitative estimate of drug-likeness (QED) is 0.546. The first kappa shape index (κ1) is 20.3. The van der Waals surface area contributed by atoms with Gasteiger partial charge in [0.25, 0.3) is 5.91 Å². The Morgan fingerprint density at radius 3 is 2.77 bits per heavy atom. The lowest BCUT2D eigenvalue weighted by atomic mass is 9.97. The second kappa shape index (κ2) is 9.59. The second-order valence-electron chi connectivity index (χ2n) is 5.83. The van der Waals surface area contributed by atoms with Gasteiger partial charge in [0.2, 0.25) is 5.91 Å². The van der Waals surface area contributed by atoms with Crippen molar-refractivity contribution in [3.8, 4) is 0 Å². The highest BCUT2D eigenvalue weighted by molar-refractivity contribution is 6.42. The normalized spacial score (nSPS) is 17.8. The van der Waals surface area contributed by atoms with Crippen LogP contribution in [0.1, 0.15) is 30.1 Å². The number of ether oxygens (including phenoxy) is 1. The van der Waals surface area contributed by atoms with E-state index in [1.54, 1.807) is 19.1 Å². The van der Waals surface area contributed by atoms with E-state index < -0.39 is 12.0 Å². The van der Waals surface area contributed by atoms with Gasteiger partial charge in [-0.25, -0.2) is 4.79 Å². The van der Waals surface area contributed by atoms with Crippen molar-refractivity contribution in [2.45, 2.75) is 25.8 Å². The highest BCUT2D eigenvalue weighted by Gasteiger charge is 2.27. The van der Waals surface area contributed by atoms with E-state index in [2.05, 4.69) is 10.6 Å². The van der Waals surface area contributed by atoms with Gasteiger partial charge in [-0.05, 0) is 38.0 Å². The molecule has 1 aliphatic rings. The molecule has 1 aliphatic heterocycles. The van der Waals surface area contributed by atoms with Gasteiger partial charge in [-0.3, -0.25) is 9.59 Å². The van der Waals surface area contributed by atoms with E-state index in [-0.39, 0.29) is 29.4 Å². The van der Waals surface area contributed by atoms with Crippen LogP contribution >= 0.6 is 23.2 Å². The maximum absolute atomic E-state index is 12.5. The third-order valence-corrected chi connectivity index (χ3v) is 4.69. The SMILES string of the molecule is CCOC(=O)/C=C/[C@H](C[C@@H]1CCNC1=O)NC(=O)c1ccc(Cl)c(Cl)c1. The third kappa shape index (κ3) is 5.75. The van der Waals surface area contributed by atoms with Gasteiger partial charge in [-0.15, -0.1) is 0 Å². The molecular formula is C18H20Cl2N2O4. The summed E-state index contributed by atoms with van der Waals surface area (Å²) in [6.07, 6.45) is 3.87. The number of benzene rings is 1. The van der Waals surface area contributed by atoms with Gasteiger partial charge in [0.1, 0.15) is 0 Å². The third-order valence-electron chi connectivity index (χ3n) is 3.95. The average molecular weight is 399 g/mol. The Balaban J connectivity index is 2.10. The average Bonchev–Trinajstić information content (AvgIpc) is 3.00. The maximum atomic E-state index is 12.5. The largest absolute Gasteiger partial charge is 0.463 e. The van der Waals surface area contributed by atoms with E-state index in [0.717, 1.165) is 0 Å². The molecule has 1 heterocycles. The van der Waals surface area contributed by atoms with Gasteiger partial charge < -0.3 is 15.4 Å². The summed E-state index contributed by atoms with van der Waals surface area (Å²) in [6, 6.07) is 4.05. The maximum Gasteiger partial charge on any atom is 0.330 e. The summed E-state index contributed by atoms with van der Waals surface area (Å²) in [5.74, 6) is -1.15. The fourth-order valence-corrected chi connectivity index (χ4v) is 2.93. The van der Waals surface area contributed by atoms with Gasteiger partial charge in [-0.2, -0.15) is 0 Å². The molecule has 1 fully saturated rings. The molecule has 0 saturated carbocycles. The van der Waals surface area contributed by atoms with Crippen molar-refractivity contribution < 1.29 is 19.1 Å². The molecule has 0 bridgehead atoms. The minimum absolute atomic E-state index is 0.0525. The fraction of sp³-hybridized carbons (Fsp3) is 0.389. The molecule has 6 nitrogen and oxygen atoms in total. The molecule has 1 aromatic carbocycles. The van der Waals surface area contributed by atoms with Crippen LogP contribution in [0.3, 0.4) is 0 Å². The lowest BCUT2D eigenvalue weighted by Crippen LogP contribution is -2.36. The van der Waals surface area contributed by atoms with E-state index >= 15 is 0 Å². The molecule has 2 amide bonds. The fourth-order valence-electron chi connectivity index (χ4n) is 2.64. The summed E-state index contributed by atoms with van der Waals surface area (Å²) in [5, 5.41) is 6.19. The van der Waals surface area contributed by atoms with Crippen molar-refractivity contribution in [1.29, 1.82) is 0 Å². The first-order valence-corrected chi connectivity index (χ1v) is 9.05. The lowest BCUT2D eigenvalue weighted by Gasteiger charge is -2.18. The van der Waals surface area contributed by atoms with Crippen molar-refractivity contribution >= 4 is 41.0 Å². The predicted molar refractivity (Wildman–Crippen MR) is 99.2 cm³/mol. The van der Waals surface area contributed by atoms with E-state index in [0.29, 0.717) is 30.0 Å². The summed E-state index contributed by atoms with van der Waals surface area (Å²) in [6.45, 7) is 2.57. The Bertz CT molecular complexity index is 721. The standard InChI is InChI=1S/C18H20Cl2N2O4/c1-2-26-16(23)6-4-13(9-12-7-8-21-17(12)24)22-18(25)11-3-5-14(19)15(20)10-11/h3-6,10,12-13H,2,7-9H2,1H3,(H,21,24)(H,22,25)/b6-4+/t12-,13+/m0/s1. The molecule has 0 unspecified atom stereocenters. The van der Waals surface area contributed by atoms with Crippen molar-refractivity contribution in [1.82, 2.24) is 10.6 Å². The molecule has 2 rings (SSSR count). The molecule has 140 valence electrons. The number of rotatable bonds is 7. The van der Waals surface area contributed by atoms with Crippen LogP contribution in [0.4, 0.5) is 0 Å². The number of halogens is 2. The summed E-state index contributed by atoms with van der Waals surface area (Å²) < 4.78 is 4.85. The van der Waals surface area contributed by atoms with Crippen LogP contribution in [0.15, 0.2) is 30.4 Å². The molecule has 0 aromatic heterocycles. The van der Waals surface area contributed by atoms with E-state index in [9.17, 15) is 14.4 Å². The monoisotopic (exact) mass is 398 g/mol. The minimum Gasteiger partial charge on any atom is -0.463 e. The first-order valence-electron chi connectivity index (χ1n) is 8.29. The van der Waals surface area contributed by atoms with E-state index in [1.165, 1.54) is 18.2 Å². The molecule has 0 spiro atoms. The van der Waals surface area contributed by atoms with Crippen molar-refractivity contribution in [3.05, 3.63) is 46.0 Å². The van der Waals surface area contributed by atoms with Crippen molar-refractivity contribution in [2.75, 3.05) is 13.2 Å². The van der Waals surface area contributed by atoms with Gasteiger partial charge >= 0.3 is 5.97 Å². The van der Waals surface area contributed by atoms with Crippen LogP contribution in [-0.2, 0) is 14.3 Å².